The maximum Gasteiger partial charge on any atom is 0.317 e. The van der Waals surface area contributed by atoms with Gasteiger partial charge in [0, 0.05) is 19.6 Å². The van der Waals surface area contributed by atoms with E-state index in [4.69, 9.17) is 0 Å². The molecule has 0 bridgehead atoms. The summed E-state index contributed by atoms with van der Waals surface area (Å²) in [6.45, 7) is 4.94. The van der Waals surface area contributed by atoms with Gasteiger partial charge in [-0.15, -0.1) is 0 Å². The lowest BCUT2D eigenvalue weighted by molar-refractivity contribution is 0.198. The van der Waals surface area contributed by atoms with Gasteiger partial charge >= 0.3 is 6.03 Å². The minimum atomic E-state index is -3.16. The molecule has 3 rings (SSSR count). The van der Waals surface area contributed by atoms with Crippen molar-refractivity contribution >= 4 is 15.9 Å². The highest BCUT2D eigenvalue weighted by atomic mass is 32.2. The van der Waals surface area contributed by atoms with Crippen molar-refractivity contribution in [3.63, 3.8) is 0 Å². The Labute approximate surface area is 157 Å². The average Bonchev–Trinajstić information content (AvgIpc) is 3.04. The summed E-state index contributed by atoms with van der Waals surface area (Å²) in [7, 11) is -3.16. The molecule has 1 saturated heterocycles. The molecule has 1 saturated carbocycles. The van der Waals surface area contributed by atoms with Crippen LogP contribution in [0.5, 0.6) is 0 Å². The number of carbonyl (C=O) groups is 1. The highest BCUT2D eigenvalue weighted by Gasteiger charge is 2.38. The molecule has 5 nitrogen and oxygen atoms in total. The van der Waals surface area contributed by atoms with E-state index >= 15 is 0 Å². The zero-order valence-corrected chi connectivity index (χ0v) is 16.6. The number of amides is 2. The number of benzene rings is 1. The second-order valence-electron chi connectivity index (χ2n) is 8.21. The lowest BCUT2D eigenvalue weighted by Crippen LogP contribution is -2.43. The van der Waals surface area contributed by atoms with Crippen molar-refractivity contribution in [1.29, 1.82) is 0 Å². The van der Waals surface area contributed by atoms with Crippen LogP contribution in [-0.2, 0) is 9.84 Å². The molecule has 26 heavy (non-hydrogen) atoms. The summed E-state index contributed by atoms with van der Waals surface area (Å²) < 4.78 is 23.8. The normalized spacial score (nSPS) is 27.7. The number of carbonyl (C=O) groups excluding carboxylic acids is 1. The number of nitrogens with one attached hydrogen (secondary N) is 1. The third-order valence-electron chi connectivity index (χ3n) is 6.15. The predicted molar refractivity (Wildman–Crippen MR) is 104 cm³/mol. The van der Waals surface area contributed by atoms with Gasteiger partial charge in [0.25, 0.3) is 0 Å². The Morgan fingerprint density at radius 1 is 1.19 bits per heavy atom. The van der Waals surface area contributed by atoms with Crippen LogP contribution in [0.3, 0.4) is 0 Å². The van der Waals surface area contributed by atoms with E-state index in [9.17, 15) is 13.2 Å². The highest BCUT2D eigenvalue weighted by Crippen LogP contribution is 2.39. The molecule has 1 aliphatic heterocycles. The van der Waals surface area contributed by atoms with Crippen molar-refractivity contribution in [2.75, 3.05) is 25.4 Å². The van der Waals surface area contributed by atoms with Gasteiger partial charge in [-0.05, 0) is 50.5 Å². The molecule has 2 unspecified atom stereocenters. The summed E-state index contributed by atoms with van der Waals surface area (Å²) in [5.41, 5.74) is 1.35. The second kappa shape index (κ2) is 7.59. The van der Waals surface area contributed by atoms with E-state index in [0.717, 1.165) is 6.42 Å². The van der Waals surface area contributed by atoms with Crippen LogP contribution in [0.25, 0.3) is 0 Å². The topological polar surface area (TPSA) is 66.5 Å². The fourth-order valence-electron chi connectivity index (χ4n) is 4.13. The van der Waals surface area contributed by atoms with Crippen LogP contribution in [0.15, 0.2) is 30.3 Å². The molecular weight excluding hydrogens is 348 g/mol. The SMILES string of the molecule is CC1(C)CCN(C(=O)NCC2CCCC2c2ccccc2)CCS1(=O)=O. The summed E-state index contributed by atoms with van der Waals surface area (Å²) in [5.74, 6) is 0.997. The highest BCUT2D eigenvalue weighted by molar-refractivity contribution is 7.92. The Bertz CT molecular complexity index is 731. The van der Waals surface area contributed by atoms with E-state index in [2.05, 4.69) is 29.6 Å². The Kier molecular flexibility index (Phi) is 5.61. The molecule has 1 aromatic carbocycles. The Hall–Kier alpha value is -1.56. The Balaban J connectivity index is 1.57. The zero-order valence-electron chi connectivity index (χ0n) is 15.8. The van der Waals surface area contributed by atoms with Gasteiger partial charge in [-0.25, -0.2) is 13.2 Å². The minimum Gasteiger partial charge on any atom is -0.338 e. The molecule has 1 N–H and O–H groups in total. The predicted octanol–water partition coefficient (Wildman–Crippen LogP) is 3.18. The van der Waals surface area contributed by atoms with Crippen molar-refractivity contribution < 1.29 is 13.2 Å². The molecule has 144 valence electrons. The van der Waals surface area contributed by atoms with E-state index in [0.29, 0.717) is 31.3 Å². The standard InChI is InChI=1S/C20H30N2O3S/c1-20(2)11-12-22(13-14-26(20,24)25)19(23)21-15-17-9-6-10-18(17)16-7-4-3-5-8-16/h3-5,7-8,17-18H,6,9-15H2,1-2H3,(H,21,23). The van der Waals surface area contributed by atoms with E-state index in [-0.39, 0.29) is 18.3 Å². The molecular formula is C20H30N2O3S. The largest absolute Gasteiger partial charge is 0.338 e. The van der Waals surface area contributed by atoms with Crippen LogP contribution in [0.2, 0.25) is 0 Å². The fraction of sp³-hybridized carbons (Fsp3) is 0.650. The third-order valence-corrected chi connectivity index (χ3v) is 8.75. The summed E-state index contributed by atoms with van der Waals surface area (Å²) >= 11 is 0. The van der Waals surface area contributed by atoms with Crippen LogP contribution in [0.1, 0.15) is 51.0 Å². The van der Waals surface area contributed by atoms with E-state index < -0.39 is 14.6 Å². The molecule has 2 fully saturated rings. The molecule has 1 aromatic rings. The van der Waals surface area contributed by atoms with Crippen LogP contribution in [0.4, 0.5) is 4.79 Å². The van der Waals surface area contributed by atoms with Crippen LogP contribution in [0, 0.1) is 5.92 Å². The van der Waals surface area contributed by atoms with Crippen molar-refractivity contribution in [3.05, 3.63) is 35.9 Å². The van der Waals surface area contributed by atoms with E-state index in [1.807, 2.05) is 6.07 Å². The Morgan fingerprint density at radius 3 is 2.65 bits per heavy atom. The van der Waals surface area contributed by atoms with Gasteiger partial charge < -0.3 is 10.2 Å². The number of hydrogen-bond donors (Lipinski definition) is 1. The van der Waals surface area contributed by atoms with Gasteiger partial charge in [0.15, 0.2) is 9.84 Å². The molecule has 2 aliphatic rings. The van der Waals surface area contributed by atoms with Gasteiger partial charge in [-0.2, -0.15) is 0 Å². The molecule has 6 heteroatoms. The van der Waals surface area contributed by atoms with Crippen molar-refractivity contribution in [1.82, 2.24) is 10.2 Å². The number of sulfone groups is 1. The number of nitrogens with zero attached hydrogens (tertiary/aromatic N) is 1. The van der Waals surface area contributed by atoms with Gasteiger partial charge in [-0.3, -0.25) is 0 Å². The maximum atomic E-state index is 12.6. The summed E-state index contributed by atoms with van der Waals surface area (Å²) in [6.07, 6.45) is 3.97. The number of rotatable bonds is 3. The molecule has 2 atom stereocenters. The van der Waals surface area contributed by atoms with E-state index in [1.54, 1.807) is 18.7 Å². The average molecular weight is 379 g/mol. The van der Waals surface area contributed by atoms with Gasteiger partial charge in [0.2, 0.25) is 0 Å². The lowest BCUT2D eigenvalue weighted by atomic mass is 9.89. The van der Waals surface area contributed by atoms with E-state index in [1.165, 1.54) is 18.4 Å². The lowest BCUT2D eigenvalue weighted by Gasteiger charge is -2.25. The fourth-order valence-corrected chi connectivity index (χ4v) is 5.55. The maximum absolute atomic E-state index is 12.6. The number of urea groups is 1. The van der Waals surface area contributed by atoms with Crippen molar-refractivity contribution in [2.24, 2.45) is 5.92 Å². The van der Waals surface area contributed by atoms with Gasteiger partial charge in [0.05, 0.1) is 10.5 Å². The van der Waals surface area contributed by atoms with Gasteiger partial charge in [0.1, 0.15) is 0 Å². The van der Waals surface area contributed by atoms with Crippen LogP contribution in [-0.4, -0.2) is 49.5 Å². The van der Waals surface area contributed by atoms with Gasteiger partial charge in [-0.1, -0.05) is 36.8 Å². The molecule has 1 heterocycles. The number of hydrogen-bond acceptors (Lipinski definition) is 3. The first-order valence-electron chi connectivity index (χ1n) is 9.60. The van der Waals surface area contributed by atoms with Crippen molar-refractivity contribution in [2.45, 2.75) is 50.2 Å². The molecule has 1 aliphatic carbocycles. The summed E-state index contributed by atoms with van der Waals surface area (Å²) in [4.78, 5) is 14.3. The van der Waals surface area contributed by atoms with Crippen LogP contribution >= 0.6 is 0 Å². The second-order valence-corrected chi connectivity index (χ2v) is 11.0. The molecule has 2 amide bonds. The molecule has 0 spiro atoms. The quantitative estimate of drug-likeness (QED) is 0.878. The monoisotopic (exact) mass is 378 g/mol. The van der Waals surface area contributed by atoms with Crippen LogP contribution < -0.4 is 5.32 Å². The minimum absolute atomic E-state index is 0.0451. The first kappa shape index (κ1) is 19.2. The Morgan fingerprint density at radius 2 is 1.92 bits per heavy atom. The molecule has 0 radical (unpaired) electrons. The summed E-state index contributed by atoms with van der Waals surface area (Å²) in [5, 5.41) is 3.07. The first-order chi connectivity index (χ1) is 12.3. The van der Waals surface area contributed by atoms with Crippen molar-refractivity contribution in [3.8, 4) is 0 Å². The zero-order chi connectivity index (χ0) is 18.8. The third kappa shape index (κ3) is 4.05. The first-order valence-corrected chi connectivity index (χ1v) is 11.3. The summed E-state index contributed by atoms with van der Waals surface area (Å²) in [6, 6.07) is 10.4. The smallest absolute Gasteiger partial charge is 0.317 e. The molecule has 0 aromatic heterocycles.